The number of unbranched alkanes of at least 4 members (excludes halogenated alkanes) is 4. The van der Waals surface area contributed by atoms with Crippen LogP contribution in [0.1, 0.15) is 55.5 Å². The fraction of sp³-hybridized carbons (Fsp3) is 0.524. The molecule has 8 heteroatoms. The Balaban J connectivity index is 1.70. The van der Waals surface area contributed by atoms with Gasteiger partial charge in [-0.25, -0.2) is 8.42 Å². The van der Waals surface area contributed by atoms with Crippen LogP contribution in [0.2, 0.25) is 5.02 Å². The summed E-state index contributed by atoms with van der Waals surface area (Å²) >= 11 is 7.72. The number of benzene rings is 1. The maximum atomic E-state index is 13.1. The first kappa shape index (κ1) is 22.6. The Labute approximate surface area is 183 Å². The minimum Gasteiger partial charge on any atom is -0.382 e. The van der Waals surface area contributed by atoms with Gasteiger partial charge in [-0.3, -0.25) is 4.31 Å². The summed E-state index contributed by atoms with van der Waals surface area (Å²) < 4.78 is 33.0. The number of nitrogens with one attached hydrogen (secondary N) is 1. The molecule has 160 valence electrons. The average Bonchev–Trinajstić information content (AvgIpc) is 3.16. The minimum atomic E-state index is -3.64. The van der Waals surface area contributed by atoms with Crippen molar-refractivity contribution in [1.29, 1.82) is 0 Å². The normalized spacial score (nSPS) is 17.6. The summed E-state index contributed by atoms with van der Waals surface area (Å²) in [5.74, 6) is 0. The maximum Gasteiger partial charge on any atom is 0.264 e. The Hall–Kier alpha value is -1.12. The van der Waals surface area contributed by atoms with E-state index < -0.39 is 10.0 Å². The number of hydrogen-bond donors (Lipinski definition) is 1. The van der Waals surface area contributed by atoms with Crippen molar-refractivity contribution < 1.29 is 13.2 Å². The van der Waals surface area contributed by atoms with Gasteiger partial charge in [0, 0.05) is 25.3 Å². The third kappa shape index (κ3) is 5.14. The van der Waals surface area contributed by atoms with E-state index in [2.05, 4.69) is 5.32 Å². The van der Waals surface area contributed by atoms with Crippen molar-refractivity contribution >= 4 is 38.6 Å². The van der Waals surface area contributed by atoms with E-state index in [9.17, 15) is 8.42 Å². The molecule has 0 radical (unpaired) electrons. The summed E-state index contributed by atoms with van der Waals surface area (Å²) in [6.07, 6.45) is 5.68. The van der Waals surface area contributed by atoms with Gasteiger partial charge < -0.3 is 10.1 Å². The van der Waals surface area contributed by atoms with Gasteiger partial charge in [0.15, 0.2) is 0 Å². The molecule has 0 amide bonds. The Morgan fingerprint density at radius 3 is 2.72 bits per heavy atom. The Bertz CT molecular complexity index is 914. The summed E-state index contributed by atoms with van der Waals surface area (Å²) in [5.41, 5.74) is 1.50. The molecule has 2 heterocycles. The SMILES string of the molecule is CCOCCCCCCCNC1c2ccc(Cl)cc2S(=O)(=O)N(C)c2ccsc21. The molecular weight excluding hydrogens is 428 g/mol. The van der Waals surface area contributed by atoms with Crippen LogP contribution in [0.25, 0.3) is 0 Å². The summed E-state index contributed by atoms with van der Waals surface area (Å²) in [6.45, 7) is 4.49. The Morgan fingerprint density at radius 1 is 1.17 bits per heavy atom. The van der Waals surface area contributed by atoms with Gasteiger partial charge in [0.1, 0.15) is 0 Å². The predicted octanol–water partition coefficient (Wildman–Crippen LogP) is 5.21. The zero-order chi connectivity index (χ0) is 20.9. The van der Waals surface area contributed by atoms with Crippen molar-refractivity contribution in [3.63, 3.8) is 0 Å². The molecule has 1 aliphatic rings. The lowest BCUT2D eigenvalue weighted by Gasteiger charge is -2.19. The molecule has 0 spiro atoms. The second kappa shape index (κ2) is 10.3. The molecular formula is C21H29ClN2O3S2. The first-order valence-electron chi connectivity index (χ1n) is 10.1. The minimum absolute atomic E-state index is 0.157. The third-order valence-electron chi connectivity index (χ3n) is 5.22. The molecule has 5 nitrogen and oxygen atoms in total. The van der Waals surface area contributed by atoms with Crippen LogP contribution in [0.5, 0.6) is 0 Å². The molecule has 29 heavy (non-hydrogen) atoms. The van der Waals surface area contributed by atoms with Crippen LogP contribution in [-0.4, -0.2) is 35.2 Å². The lowest BCUT2D eigenvalue weighted by atomic mass is 10.0. The van der Waals surface area contributed by atoms with Crippen LogP contribution in [-0.2, 0) is 14.8 Å². The highest BCUT2D eigenvalue weighted by molar-refractivity contribution is 7.92. The number of thiophene rings is 1. The van der Waals surface area contributed by atoms with Crippen molar-refractivity contribution in [1.82, 2.24) is 5.32 Å². The summed E-state index contributed by atoms with van der Waals surface area (Å²) in [4.78, 5) is 1.30. The standard InChI is InChI=1S/C21H29ClN2O3S2/c1-3-27-13-8-6-4-5-7-12-23-20-17-10-9-16(22)15-19(17)29(25,26)24(2)18-11-14-28-21(18)20/h9-11,14-15,20,23H,3-8,12-13H2,1-2H3. The van der Waals surface area contributed by atoms with Gasteiger partial charge >= 0.3 is 0 Å². The van der Waals surface area contributed by atoms with Gasteiger partial charge in [-0.05, 0) is 55.5 Å². The molecule has 1 aromatic carbocycles. The second-order valence-electron chi connectivity index (χ2n) is 7.18. The molecule has 2 aromatic rings. The fourth-order valence-corrected chi connectivity index (χ4v) is 6.41. The van der Waals surface area contributed by atoms with Crippen molar-refractivity contribution in [2.45, 2.75) is 50.0 Å². The smallest absolute Gasteiger partial charge is 0.264 e. The number of rotatable bonds is 10. The molecule has 3 rings (SSSR count). The number of halogens is 1. The molecule has 0 saturated heterocycles. The zero-order valence-electron chi connectivity index (χ0n) is 17.0. The van der Waals surface area contributed by atoms with E-state index >= 15 is 0 Å². The molecule has 0 bridgehead atoms. The number of sulfonamides is 1. The highest BCUT2D eigenvalue weighted by Crippen LogP contribution is 2.43. The number of nitrogens with zero attached hydrogens (tertiary/aromatic N) is 1. The maximum absolute atomic E-state index is 13.1. The van der Waals surface area contributed by atoms with Gasteiger partial charge in [0.25, 0.3) is 10.0 Å². The molecule has 1 atom stereocenters. The predicted molar refractivity (Wildman–Crippen MR) is 121 cm³/mol. The van der Waals surface area contributed by atoms with E-state index in [0.717, 1.165) is 55.1 Å². The highest BCUT2D eigenvalue weighted by Gasteiger charge is 2.35. The quantitative estimate of drug-likeness (QED) is 0.499. The second-order valence-corrected chi connectivity index (χ2v) is 10.5. The van der Waals surface area contributed by atoms with Crippen LogP contribution in [0.3, 0.4) is 0 Å². The largest absolute Gasteiger partial charge is 0.382 e. The molecule has 0 aliphatic carbocycles. The van der Waals surface area contributed by atoms with Crippen LogP contribution in [0.15, 0.2) is 34.5 Å². The Morgan fingerprint density at radius 2 is 1.93 bits per heavy atom. The van der Waals surface area contributed by atoms with Crippen molar-refractivity contribution in [3.05, 3.63) is 45.1 Å². The Kier molecular flexibility index (Phi) is 7.99. The van der Waals surface area contributed by atoms with Crippen LogP contribution < -0.4 is 9.62 Å². The number of anilines is 1. The van der Waals surface area contributed by atoms with E-state index in [4.69, 9.17) is 16.3 Å². The van der Waals surface area contributed by atoms with E-state index in [1.807, 2.05) is 24.4 Å². The molecule has 0 fully saturated rings. The summed E-state index contributed by atoms with van der Waals surface area (Å²) in [6, 6.07) is 6.88. The van der Waals surface area contributed by atoms with E-state index in [0.29, 0.717) is 5.02 Å². The van der Waals surface area contributed by atoms with Gasteiger partial charge in [0.05, 0.1) is 21.5 Å². The number of ether oxygens (including phenoxy) is 1. The molecule has 0 saturated carbocycles. The molecule has 1 unspecified atom stereocenters. The van der Waals surface area contributed by atoms with Gasteiger partial charge in [-0.15, -0.1) is 11.3 Å². The summed E-state index contributed by atoms with van der Waals surface area (Å²) in [7, 11) is -2.04. The zero-order valence-corrected chi connectivity index (χ0v) is 19.4. The first-order valence-corrected chi connectivity index (χ1v) is 12.8. The van der Waals surface area contributed by atoms with Gasteiger partial charge in [0.2, 0.25) is 0 Å². The van der Waals surface area contributed by atoms with Gasteiger partial charge in [-0.1, -0.05) is 36.9 Å². The van der Waals surface area contributed by atoms with Crippen LogP contribution in [0, 0.1) is 0 Å². The van der Waals surface area contributed by atoms with Crippen molar-refractivity contribution in [3.8, 4) is 0 Å². The molecule has 1 N–H and O–H groups in total. The molecule has 1 aromatic heterocycles. The van der Waals surface area contributed by atoms with Crippen LogP contribution in [0.4, 0.5) is 5.69 Å². The summed E-state index contributed by atoms with van der Waals surface area (Å²) in [5, 5.41) is 5.98. The van der Waals surface area contributed by atoms with Crippen LogP contribution >= 0.6 is 22.9 Å². The third-order valence-corrected chi connectivity index (χ3v) is 8.25. The van der Waals surface area contributed by atoms with Gasteiger partial charge in [-0.2, -0.15) is 0 Å². The molecule has 1 aliphatic heterocycles. The monoisotopic (exact) mass is 456 g/mol. The van der Waals surface area contributed by atoms with E-state index in [1.165, 1.54) is 17.1 Å². The lowest BCUT2D eigenvalue weighted by molar-refractivity contribution is 0.143. The van der Waals surface area contributed by atoms with E-state index in [1.54, 1.807) is 30.5 Å². The lowest BCUT2D eigenvalue weighted by Crippen LogP contribution is -2.26. The average molecular weight is 457 g/mol. The first-order chi connectivity index (χ1) is 14.0. The topological polar surface area (TPSA) is 58.6 Å². The highest BCUT2D eigenvalue weighted by atomic mass is 35.5. The fourth-order valence-electron chi connectivity index (χ4n) is 3.63. The van der Waals surface area contributed by atoms with Crippen molar-refractivity contribution in [2.75, 3.05) is 31.1 Å². The number of hydrogen-bond acceptors (Lipinski definition) is 5. The van der Waals surface area contributed by atoms with E-state index in [-0.39, 0.29) is 10.9 Å². The van der Waals surface area contributed by atoms with Crippen molar-refractivity contribution in [2.24, 2.45) is 0 Å². The number of fused-ring (bicyclic) bond motifs is 2.